The number of hydrogen-bond acceptors (Lipinski definition) is 2. The van der Waals surface area contributed by atoms with Crippen molar-refractivity contribution in [3.63, 3.8) is 0 Å². The van der Waals surface area contributed by atoms with Gasteiger partial charge in [0.25, 0.3) is 5.91 Å². The van der Waals surface area contributed by atoms with Crippen molar-refractivity contribution in [2.45, 2.75) is 19.6 Å². The fourth-order valence-corrected chi connectivity index (χ4v) is 3.64. The molecule has 1 aromatic heterocycles. The molecule has 0 saturated heterocycles. The molecule has 4 heteroatoms. The maximum Gasteiger partial charge on any atom is 0.254 e. The number of ether oxygens (including phenoxy) is 1. The van der Waals surface area contributed by atoms with Crippen LogP contribution in [0.4, 0.5) is 0 Å². The largest absolute Gasteiger partial charge is 0.497 e. The summed E-state index contributed by atoms with van der Waals surface area (Å²) >= 11 is 0. The van der Waals surface area contributed by atoms with Crippen LogP contribution >= 0.6 is 0 Å². The quantitative estimate of drug-likeness (QED) is 0.390. The molecule has 0 fully saturated rings. The van der Waals surface area contributed by atoms with Gasteiger partial charge in [-0.2, -0.15) is 0 Å². The van der Waals surface area contributed by atoms with E-state index in [0.29, 0.717) is 18.7 Å². The van der Waals surface area contributed by atoms with Gasteiger partial charge in [0.15, 0.2) is 0 Å². The molecule has 1 heterocycles. The molecule has 156 valence electrons. The van der Waals surface area contributed by atoms with Crippen molar-refractivity contribution in [2.75, 3.05) is 7.11 Å². The first-order valence-corrected chi connectivity index (χ1v) is 10.4. The Morgan fingerprint density at radius 1 is 0.774 bits per heavy atom. The fraction of sp³-hybridized carbons (Fsp3) is 0.148. The topological polar surface area (TPSA) is 34.5 Å². The number of aromatic nitrogens is 1. The fourth-order valence-electron chi connectivity index (χ4n) is 3.64. The van der Waals surface area contributed by atoms with Gasteiger partial charge < -0.3 is 14.2 Å². The first-order valence-electron chi connectivity index (χ1n) is 10.4. The third kappa shape index (κ3) is 5.23. The van der Waals surface area contributed by atoms with Crippen LogP contribution in [0.1, 0.15) is 27.2 Å². The van der Waals surface area contributed by atoms with Gasteiger partial charge in [0, 0.05) is 30.5 Å². The van der Waals surface area contributed by atoms with Crippen LogP contribution in [0, 0.1) is 0 Å². The summed E-state index contributed by atoms with van der Waals surface area (Å²) in [5.74, 6) is 0.738. The van der Waals surface area contributed by atoms with E-state index < -0.39 is 0 Å². The number of nitrogens with zero attached hydrogens (tertiary/aromatic N) is 2. The van der Waals surface area contributed by atoms with Gasteiger partial charge in [0.2, 0.25) is 0 Å². The number of carbonyl (C=O) groups is 1. The highest BCUT2D eigenvalue weighted by Crippen LogP contribution is 2.18. The molecule has 0 N–H and O–H groups in total. The molecule has 0 aliphatic heterocycles. The van der Waals surface area contributed by atoms with Crippen molar-refractivity contribution >= 4 is 5.91 Å². The van der Waals surface area contributed by atoms with Gasteiger partial charge in [0.05, 0.1) is 13.7 Å². The molecule has 1 amide bonds. The predicted octanol–water partition coefficient (Wildman–Crippen LogP) is 5.39. The third-order valence-corrected chi connectivity index (χ3v) is 5.31. The van der Waals surface area contributed by atoms with Crippen LogP contribution in [0.2, 0.25) is 0 Å². The van der Waals surface area contributed by atoms with E-state index >= 15 is 0 Å². The zero-order valence-corrected chi connectivity index (χ0v) is 17.6. The van der Waals surface area contributed by atoms with E-state index in [-0.39, 0.29) is 5.91 Å². The van der Waals surface area contributed by atoms with Crippen LogP contribution in [-0.2, 0) is 19.6 Å². The Morgan fingerprint density at radius 2 is 1.42 bits per heavy atom. The minimum absolute atomic E-state index is 0.000956. The standard InChI is InChI=1S/C27H26N2O2/c1-31-26-16-14-24(15-17-26)27(30)29(20-23-11-6-3-7-12-23)21-25-13-8-18-28(25)19-22-9-4-2-5-10-22/h2-18H,19-21H2,1H3. The average Bonchev–Trinajstić information content (AvgIpc) is 3.26. The molecule has 0 aliphatic carbocycles. The molecule has 4 aromatic rings. The molecule has 0 atom stereocenters. The van der Waals surface area contributed by atoms with Crippen molar-refractivity contribution in [3.05, 3.63) is 126 Å². The maximum atomic E-state index is 13.4. The zero-order valence-electron chi connectivity index (χ0n) is 17.6. The number of carbonyl (C=O) groups excluding carboxylic acids is 1. The molecule has 0 saturated carbocycles. The van der Waals surface area contributed by atoms with E-state index in [9.17, 15) is 4.79 Å². The second-order valence-electron chi connectivity index (χ2n) is 7.49. The van der Waals surface area contributed by atoms with Gasteiger partial charge >= 0.3 is 0 Å². The highest BCUT2D eigenvalue weighted by atomic mass is 16.5. The van der Waals surface area contributed by atoms with E-state index in [4.69, 9.17) is 4.74 Å². The minimum atomic E-state index is -0.000956. The summed E-state index contributed by atoms with van der Waals surface area (Å²) in [6.45, 7) is 1.85. The molecule has 31 heavy (non-hydrogen) atoms. The lowest BCUT2D eigenvalue weighted by atomic mass is 10.1. The number of benzene rings is 3. The normalized spacial score (nSPS) is 10.6. The molecule has 0 spiro atoms. The molecule has 4 nitrogen and oxygen atoms in total. The zero-order chi connectivity index (χ0) is 21.5. The summed E-state index contributed by atoms with van der Waals surface area (Å²) in [7, 11) is 1.62. The molecule has 0 radical (unpaired) electrons. The van der Waals surface area contributed by atoms with Crippen LogP contribution in [0.15, 0.2) is 103 Å². The summed E-state index contributed by atoms with van der Waals surface area (Å²) in [5.41, 5.74) is 4.08. The van der Waals surface area contributed by atoms with Gasteiger partial charge in [-0.25, -0.2) is 0 Å². The van der Waals surface area contributed by atoms with Crippen LogP contribution in [0.3, 0.4) is 0 Å². The Hall–Kier alpha value is -3.79. The lowest BCUT2D eigenvalue weighted by Gasteiger charge is -2.24. The van der Waals surface area contributed by atoms with Crippen molar-refractivity contribution in [1.29, 1.82) is 0 Å². The lowest BCUT2D eigenvalue weighted by Crippen LogP contribution is -2.31. The summed E-state index contributed by atoms with van der Waals surface area (Å²) in [5, 5.41) is 0. The van der Waals surface area contributed by atoms with Crippen LogP contribution in [-0.4, -0.2) is 22.5 Å². The highest BCUT2D eigenvalue weighted by molar-refractivity contribution is 5.94. The van der Waals surface area contributed by atoms with Crippen molar-refractivity contribution in [2.24, 2.45) is 0 Å². The van der Waals surface area contributed by atoms with Gasteiger partial charge in [-0.05, 0) is 47.5 Å². The number of rotatable bonds is 8. The van der Waals surface area contributed by atoms with E-state index in [0.717, 1.165) is 23.6 Å². The molecule has 3 aromatic carbocycles. The summed E-state index contributed by atoms with van der Waals surface area (Å²) in [6, 6.07) is 31.9. The maximum absolute atomic E-state index is 13.4. The summed E-state index contributed by atoms with van der Waals surface area (Å²) < 4.78 is 7.44. The second kappa shape index (κ2) is 9.81. The molecular formula is C27H26N2O2. The van der Waals surface area contributed by atoms with Gasteiger partial charge in [0.1, 0.15) is 5.75 Å². The van der Waals surface area contributed by atoms with Crippen LogP contribution < -0.4 is 4.74 Å². The SMILES string of the molecule is COc1ccc(C(=O)N(Cc2ccccc2)Cc2cccn2Cc2ccccc2)cc1. The second-order valence-corrected chi connectivity index (χ2v) is 7.49. The molecule has 0 unspecified atom stereocenters. The minimum Gasteiger partial charge on any atom is -0.497 e. The number of amides is 1. The summed E-state index contributed by atoms with van der Waals surface area (Å²) in [6.07, 6.45) is 2.07. The predicted molar refractivity (Wildman–Crippen MR) is 123 cm³/mol. The van der Waals surface area contributed by atoms with Gasteiger partial charge in [-0.15, -0.1) is 0 Å². The van der Waals surface area contributed by atoms with E-state index in [1.165, 1.54) is 5.56 Å². The van der Waals surface area contributed by atoms with E-state index in [1.54, 1.807) is 7.11 Å². The lowest BCUT2D eigenvalue weighted by molar-refractivity contribution is 0.0726. The Balaban J connectivity index is 1.59. The van der Waals surface area contributed by atoms with E-state index in [1.807, 2.05) is 71.6 Å². The Morgan fingerprint density at radius 3 is 2.06 bits per heavy atom. The summed E-state index contributed by atoms with van der Waals surface area (Å²) in [4.78, 5) is 15.3. The third-order valence-electron chi connectivity index (χ3n) is 5.31. The number of hydrogen-bond donors (Lipinski definition) is 0. The highest BCUT2D eigenvalue weighted by Gasteiger charge is 2.18. The number of methoxy groups -OCH3 is 1. The van der Waals surface area contributed by atoms with E-state index in [2.05, 4.69) is 41.1 Å². The van der Waals surface area contributed by atoms with Crippen LogP contribution in [0.5, 0.6) is 5.75 Å². The first kappa shape index (κ1) is 20.5. The Kier molecular flexibility index (Phi) is 6.48. The van der Waals surface area contributed by atoms with Crippen molar-refractivity contribution < 1.29 is 9.53 Å². The molecule has 0 aliphatic rings. The molecule has 0 bridgehead atoms. The van der Waals surface area contributed by atoms with Gasteiger partial charge in [-0.3, -0.25) is 4.79 Å². The average molecular weight is 411 g/mol. The van der Waals surface area contributed by atoms with Crippen molar-refractivity contribution in [3.8, 4) is 5.75 Å². The Labute approximate surface area is 183 Å². The monoisotopic (exact) mass is 410 g/mol. The Bertz CT molecular complexity index is 1100. The van der Waals surface area contributed by atoms with Crippen LogP contribution in [0.25, 0.3) is 0 Å². The first-order chi connectivity index (χ1) is 15.2. The molecule has 4 rings (SSSR count). The smallest absolute Gasteiger partial charge is 0.254 e. The van der Waals surface area contributed by atoms with Crippen molar-refractivity contribution in [1.82, 2.24) is 9.47 Å². The molecular weight excluding hydrogens is 384 g/mol. The van der Waals surface area contributed by atoms with Gasteiger partial charge in [-0.1, -0.05) is 60.7 Å².